The second-order valence-electron chi connectivity index (χ2n) is 5.21. The van der Waals surface area contributed by atoms with Gasteiger partial charge in [-0.3, -0.25) is 0 Å². The second-order valence-corrected chi connectivity index (χ2v) is 6.67. The summed E-state index contributed by atoms with van der Waals surface area (Å²) in [6.45, 7) is 4.12. The number of benzene rings is 2. The fraction of sp³-hybridized carbons (Fsp3) is 0.294. The van der Waals surface area contributed by atoms with E-state index < -0.39 is 0 Å². The van der Waals surface area contributed by atoms with E-state index in [4.69, 9.17) is 17.3 Å². The third-order valence-corrected chi connectivity index (χ3v) is 4.47. The summed E-state index contributed by atoms with van der Waals surface area (Å²) in [4.78, 5) is 1.20. The van der Waals surface area contributed by atoms with E-state index in [1.165, 1.54) is 16.0 Å². The van der Waals surface area contributed by atoms with Gasteiger partial charge < -0.3 is 5.73 Å². The summed E-state index contributed by atoms with van der Waals surface area (Å²) in [5.74, 6) is 0.963. The molecule has 0 radical (unpaired) electrons. The van der Waals surface area contributed by atoms with Crippen LogP contribution in [0.2, 0.25) is 5.02 Å². The number of halogens is 1. The number of hydrogen-bond acceptors (Lipinski definition) is 2. The van der Waals surface area contributed by atoms with Crippen molar-refractivity contribution in [2.24, 2.45) is 5.73 Å². The van der Waals surface area contributed by atoms with Crippen LogP contribution in [0, 0.1) is 6.92 Å². The number of thioether (sulfide) groups is 1. The molecule has 0 aliphatic carbocycles. The number of aryl methyl sites for hydroxylation is 1. The summed E-state index contributed by atoms with van der Waals surface area (Å²) in [6, 6.07) is 15.0. The van der Waals surface area contributed by atoms with E-state index in [1.807, 2.05) is 24.8 Å². The Bertz CT molecular complexity index is 581. The van der Waals surface area contributed by atoms with E-state index >= 15 is 0 Å². The van der Waals surface area contributed by atoms with Gasteiger partial charge in [0.05, 0.1) is 0 Å². The molecule has 0 spiro atoms. The summed E-state index contributed by atoms with van der Waals surface area (Å²) in [6.07, 6.45) is 0.821. The van der Waals surface area contributed by atoms with E-state index in [2.05, 4.69) is 43.3 Å². The molecule has 0 amide bonds. The second kappa shape index (κ2) is 7.16. The fourth-order valence-corrected chi connectivity index (χ4v) is 3.30. The van der Waals surface area contributed by atoms with Crippen LogP contribution in [0.25, 0.3) is 0 Å². The van der Waals surface area contributed by atoms with Crippen LogP contribution < -0.4 is 5.73 Å². The Morgan fingerprint density at radius 2 is 2.00 bits per heavy atom. The molecule has 0 aromatic heterocycles. The molecule has 106 valence electrons. The molecule has 0 heterocycles. The van der Waals surface area contributed by atoms with Crippen LogP contribution in [0.3, 0.4) is 0 Å². The molecule has 2 aromatic rings. The first kappa shape index (κ1) is 15.4. The lowest BCUT2D eigenvalue weighted by atomic mass is 10.1. The van der Waals surface area contributed by atoms with Gasteiger partial charge in [-0.1, -0.05) is 47.5 Å². The first-order chi connectivity index (χ1) is 9.54. The molecule has 0 saturated heterocycles. The van der Waals surface area contributed by atoms with Crippen LogP contribution in [0.5, 0.6) is 0 Å². The van der Waals surface area contributed by atoms with Gasteiger partial charge in [0.1, 0.15) is 0 Å². The highest BCUT2D eigenvalue weighted by molar-refractivity contribution is 7.98. The first-order valence-electron chi connectivity index (χ1n) is 6.77. The van der Waals surface area contributed by atoms with Crippen LogP contribution in [0.15, 0.2) is 47.4 Å². The predicted octanol–water partition coefficient (Wildman–Crippen LogP) is 4.83. The molecule has 1 atom stereocenters. The molecular formula is C17H20ClNS. The maximum Gasteiger partial charge on any atom is 0.0449 e. The molecule has 20 heavy (non-hydrogen) atoms. The topological polar surface area (TPSA) is 26.0 Å². The number of hydrogen-bond donors (Lipinski definition) is 1. The Labute approximate surface area is 130 Å². The summed E-state index contributed by atoms with van der Waals surface area (Å²) in [5, 5.41) is 0.816. The van der Waals surface area contributed by atoms with Crippen molar-refractivity contribution >= 4 is 23.4 Å². The third-order valence-electron chi connectivity index (χ3n) is 3.05. The van der Waals surface area contributed by atoms with E-state index in [1.54, 1.807) is 0 Å². The van der Waals surface area contributed by atoms with Crippen molar-refractivity contribution in [1.82, 2.24) is 0 Å². The van der Waals surface area contributed by atoms with E-state index in [9.17, 15) is 0 Å². The van der Waals surface area contributed by atoms with Gasteiger partial charge in [-0.15, -0.1) is 11.8 Å². The highest BCUT2D eigenvalue weighted by Gasteiger charge is 2.05. The lowest BCUT2D eigenvalue weighted by Gasteiger charge is -2.09. The zero-order valence-electron chi connectivity index (χ0n) is 11.9. The van der Waals surface area contributed by atoms with Gasteiger partial charge in [0.2, 0.25) is 0 Å². The molecular weight excluding hydrogens is 286 g/mol. The minimum Gasteiger partial charge on any atom is -0.328 e. The highest BCUT2D eigenvalue weighted by atomic mass is 35.5. The van der Waals surface area contributed by atoms with Crippen LogP contribution >= 0.6 is 23.4 Å². The molecule has 0 saturated carbocycles. The van der Waals surface area contributed by atoms with Crippen molar-refractivity contribution in [3.8, 4) is 0 Å². The van der Waals surface area contributed by atoms with Crippen molar-refractivity contribution in [3.05, 3.63) is 64.2 Å². The minimum atomic E-state index is 0.137. The molecule has 1 nitrogen and oxygen atoms in total. The van der Waals surface area contributed by atoms with Gasteiger partial charge in [-0.05, 0) is 43.5 Å². The zero-order chi connectivity index (χ0) is 14.5. The summed E-state index contributed by atoms with van der Waals surface area (Å²) in [7, 11) is 0. The monoisotopic (exact) mass is 305 g/mol. The van der Waals surface area contributed by atoms with E-state index in [0.717, 1.165) is 22.8 Å². The molecule has 0 fully saturated rings. The van der Waals surface area contributed by atoms with Crippen molar-refractivity contribution in [2.45, 2.75) is 37.0 Å². The Kier molecular flexibility index (Phi) is 5.53. The summed E-state index contributed by atoms with van der Waals surface area (Å²) < 4.78 is 0. The van der Waals surface area contributed by atoms with Crippen molar-refractivity contribution < 1.29 is 0 Å². The van der Waals surface area contributed by atoms with Gasteiger partial charge >= 0.3 is 0 Å². The van der Waals surface area contributed by atoms with Crippen LogP contribution in [0.4, 0.5) is 0 Å². The Balaban J connectivity index is 2.02. The van der Waals surface area contributed by atoms with Gasteiger partial charge in [-0.2, -0.15) is 0 Å². The van der Waals surface area contributed by atoms with Crippen molar-refractivity contribution in [1.29, 1.82) is 0 Å². The number of nitrogens with two attached hydrogens (primary N) is 1. The van der Waals surface area contributed by atoms with Gasteiger partial charge in [0.15, 0.2) is 0 Å². The van der Waals surface area contributed by atoms with Crippen LogP contribution in [-0.2, 0) is 12.2 Å². The lowest BCUT2D eigenvalue weighted by molar-refractivity contribution is 0.738. The Morgan fingerprint density at radius 3 is 2.65 bits per heavy atom. The summed E-state index contributed by atoms with van der Waals surface area (Å²) >= 11 is 8.12. The molecule has 0 aliphatic heterocycles. The predicted molar refractivity (Wildman–Crippen MR) is 89.5 cm³/mol. The molecule has 0 bridgehead atoms. The Morgan fingerprint density at radius 1 is 1.20 bits per heavy atom. The van der Waals surface area contributed by atoms with Crippen molar-refractivity contribution in [3.63, 3.8) is 0 Å². The summed E-state index contributed by atoms with van der Waals surface area (Å²) in [5.41, 5.74) is 9.58. The van der Waals surface area contributed by atoms with E-state index in [-0.39, 0.29) is 6.04 Å². The van der Waals surface area contributed by atoms with Crippen LogP contribution in [-0.4, -0.2) is 6.04 Å². The fourth-order valence-electron chi connectivity index (χ4n) is 2.10. The maximum atomic E-state index is 6.31. The average molecular weight is 306 g/mol. The van der Waals surface area contributed by atoms with Gasteiger partial charge in [0.25, 0.3) is 0 Å². The van der Waals surface area contributed by atoms with Crippen molar-refractivity contribution in [2.75, 3.05) is 0 Å². The molecule has 3 heteroatoms. The maximum absolute atomic E-state index is 6.31. The third kappa shape index (κ3) is 4.55. The quantitative estimate of drug-likeness (QED) is 0.801. The zero-order valence-corrected chi connectivity index (χ0v) is 13.5. The smallest absolute Gasteiger partial charge is 0.0449 e. The molecule has 2 aromatic carbocycles. The largest absolute Gasteiger partial charge is 0.328 e. The number of rotatable bonds is 5. The minimum absolute atomic E-state index is 0.137. The first-order valence-corrected chi connectivity index (χ1v) is 8.13. The normalized spacial score (nSPS) is 12.4. The Hall–Kier alpha value is -0.960. The van der Waals surface area contributed by atoms with E-state index in [0.29, 0.717) is 0 Å². The molecule has 2 rings (SSSR count). The highest BCUT2D eigenvalue weighted by Crippen LogP contribution is 2.28. The molecule has 0 aliphatic rings. The van der Waals surface area contributed by atoms with Crippen LogP contribution in [0.1, 0.15) is 23.6 Å². The lowest BCUT2D eigenvalue weighted by Crippen LogP contribution is -2.17. The molecule has 1 unspecified atom stereocenters. The van der Waals surface area contributed by atoms with Gasteiger partial charge in [-0.25, -0.2) is 0 Å². The molecule has 2 N–H and O–H groups in total. The standard InChI is InChI=1S/C17H20ClNS/c1-12-4-3-5-14(8-12)11-20-16-7-6-15(9-13(2)19)17(18)10-16/h3-8,10,13H,9,11,19H2,1-2H3. The van der Waals surface area contributed by atoms with Gasteiger partial charge in [0, 0.05) is 21.7 Å². The SMILES string of the molecule is Cc1cccc(CSc2ccc(CC(C)N)c(Cl)c2)c1. The average Bonchev–Trinajstić information content (AvgIpc) is 2.39.